The monoisotopic (exact) mass is 367 g/mol. The number of ether oxygens (including phenoxy) is 1. The number of aryl methyl sites for hydroxylation is 1. The smallest absolute Gasteiger partial charge is 0.367 e. The highest BCUT2D eigenvalue weighted by Crippen LogP contribution is 2.50. The molecule has 1 aromatic heterocycles. The van der Waals surface area contributed by atoms with Crippen molar-refractivity contribution < 1.29 is 18.3 Å². The van der Waals surface area contributed by atoms with Gasteiger partial charge in [0.05, 0.1) is 24.4 Å². The highest BCUT2D eigenvalue weighted by atomic mass is 32.1. The number of thiazole rings is 1. The van der Waals surface area contributed by atoms with Gasteiger partial charge >= 0.3 is 7.60 Å². The van der Waals surface area contributed by atoms with E-state index in [0.29, 0.717) is 19.0 Å². The number of nitrogens with zero attached hydrogens (tertiary/aromatic N) is 1. The van der Waals surface area contributed by atoms with E-state index < -0.39 is 7.60 Å². The van der Waals surface area contributed by atoms with Gasteiger partial charge in [0, 0.05) is 16.9 Å². The van der Waals surface area contributed by atoms with Crippen molar-refractivity contribution in [1.82, 2.24) is 4.98 Å². The molecule has 0 N–H and O–H groups in total. The second-order valence-electron chi connectivity index (χ2n) is 5.45. The van der Waals surface area contributed by atoms with E-state index in [1.165, 1.54) is 16.0 Å². The maximum absolute atomic E-state index is 12.6. The van der Waals surface area contributed by atoms with Crippen molar-refractivity contribution >= 4 is 18.9 Å². The summed E-state index contributed by atoms with van der Waals surface area (Å²) in [5, 5.41) is 0. The van der Waals surface area contributed by atoms with Gasteiger partial charge in [-0.1, -0.05) is 13.0 Å². The van der Waals surface area contributed by atoms with Gasteiger partial charge in [-0.15, -0.1) is 11.3 Å². The summed E-state index contributed by atoms with van der Waals surface area (Å²) in [7, 11) is -3.24. The molecule has 0 aliphatic heterocycles. The molecule has 0 atom stereocenters. The van der Waals surface area contributed by atoms with E-state index in [2.05, 4.69) is 18.0 Å². The minimum atomic E-state index is -3.24. The van der Waals surface area contributed by atoms with Gasteiger partial charge in [0.25, 0.3) is 0 Å². The van der Waals surface area contributed by atoms with E-state index in [0.717, 1.165) is 24.1 Å². The predicted octanol–water partition coefficient (Wildman–Crippen LogP) is 4.88. The number of fused-ring (bicyclic) bond motifs is 3. The van der Waals surface area contributed by atoms with Crippen molar-refractivity contribution in [2.24, 2.45) is 0 Å². The van der Waals surface area contributed by atoms with Gasteiger partial charge in [0.2, 0.25) is 0 Å². The second-order valence-corrected chi connectivity index (χ2v) is 8.39. The lowest BCUT2D eigenvalue weighted by molar-refractivity contribution is 0.197. The van der Waals surface area contributed by atoms with Crippen molar-refractivity contribution in [3.8, 4) is 17.0 Å². The molecule has 5 nitrogen and oxygen atoms in total. The Morgan fingerprint density at radius 2 is 1.96 bits per heavy atom. The molecule has 0 amide bonds. The maximum Gasteiger partial charge on any atom is 0.367 e. The van der Waals surface area contributed by atoms with Gasteiger partial charge in [-0.05, 0) is 37.5 Å². The first kappa shape index (κ1) is 17.6. The Labute approximate surface area is 146 Å². The Kier molecular flexibility index (Phi) is 5.40. The molecule has 0 spiro atoms. The fraction of sp³-hybridized carbons (Fsp3) is 0.471. The van der Waals surface area contributed by atoms with Crippen LogP contribution in [0.4, 0.5) is 0 Å². The van der Waals surface area contributed by atoms with Crippen molar-refractivity contribution in [3.05, 3.63) is 33.6 Å². The molecule has 0 radical (unpaired) electrons. The molecule has 1 aliphatic rings. The molecule has 1 aliphatic carbocycles. The van der Waals surface area contributed by atoms with E-state index in [1.54, 1.807) is 25.2 Å². The third kappa shape index (κ3) is 3.29. The lowest BCUT2D eigenvalue weighted by atomic mass is 10.00. The molecule has 0 fully saturated rings. The minimum absolute atomic E-state index is 0.0912. The quantitative estimate of drug-likeness (QED) is 0.531. The van der Waals surface area contributed by atoms with Crippen LogP contribution in [-0.2, 0) is 26.5 Å². The van der Waals surface area contributed by atoms with Gasteiger partial charge in [-0.3, -0.25) is 4.57 Å². The largest absolute Gasteiger partial charge is 0.480 e. The number of benzene rings is 1. The summed E-state index contributed by atoms with van der Waals surface area (Å²) in [5.74, 6) is 0.700. The number of aromatic nitrogens is 1. The lowest BCUT2D eigenvalue weighted by Gasteiger charge is -2.19. The molecular formula is C17H22NO4PS. The fourth-order valence-electron chi connectivity index (χ4n) is 3.00. The van der Waals surface area contributed by atoms with Crippen LogP contribution in [0.25, 0.3) is 11.3 Å². The second kappa shape index (κ2) is 7.36. The van der Waals surface area contributed by atoms with Crippen molar-refractivity contribution in [1.29, 1.82) is 0 Å². The Bertz CT molecular complexity index is 764. The van der Waals surface area contributed by atoms with E-state index in [9.17, 15) is 4.57 Å². The molecule has 0 saturated heterocycles. The zero-order valence-electron chi connectivity index (χ0n) is 14.2. The average Bonchev–Trinajstić information content (AvgIpc) is 3.14. The third-order valence-electron chi connectivity index (χ3n) is 4.00. The molecule has 0 unspecified atom stereocenters. The maximum atomic E-state index is 12.6. The zero-order chi connectivity index (χ0) is 17.2. The number of rotatable bonds is 8. The van der Waals surface area contributed by atoms with Gasteiger partial charge in [-0.2, -0.15) is 0 Å². The van der Waals surface area contributed by atoms with Gasteiger partial charge in [0.1, 0.15) is 5.75 Å². The van der Waals surface area contributed by atoms with Crippen LogP contribution in [0.1, 0.15) is 36.8 Å². The summed E-state index contributed by atoms with van der Waals surface area (Å²) in [6.07, 6.45) is 1.77. The van der Waals surface area contributed by atoms with Crippen LogP contribution in [0, 0.1) is 0 Å². The van der Waals surface area contributed by atoms with Gasteiger partial charge in [0.15, 0.2) is 6.35 Å². The number of hydrogen-bond donors (Lipinski definition) is 0. The number of hydrogen-bond acceptors (Lipinski definition) is 6. The van der Waals surface area contributed by atoms with Crippen molar-refractivity contribution in [3.63, 3.8) is 0 Å². The molecule has 1 heterocycles. The Hall–Kier alpha value is -1.20. The van der Waals surface area contributed by atoms with E-state index in [1.807, 2.05) is 11.6 Å². The van der Waals surface area contributed by atoms with Gasteiger partial charge < -0.3 is 13.8 Å². The minimum Gasteiger partial charge on any atom is -0.480 e. The highest BCUT2D eigenvalue weighted by Gasteiger charge is 2.30. The SMILES string of the molecule is CCOP(=O)(COc1ccc(CC)c2c1-c1ncsc1C2)OCC. The molecule has 7 heteroatoms. The van der Waals surface area contributed by atoms with Crippen LogP contribution in [0.2, 0.25) is 0 Å². The first-order valence-corrected chi connectivity index (χ1v) is 10.8. The fourth-order valence-corrected chi connectivity index (χ4v) is 5.08. The van der Waals surface area contributed by atoms with Crippen LogP contribution in [-0.4, -0.2) is 24.5 Å². The van der Waals surface area contributed by atoms with E-state index >= 15 is 0 Å². The summed E-state index contributed by atoms with van der Waals surface area (Å²) < 4.78 is 29.1. The van der Waals surface area contributed by atoms with E-state index in [-0.39, 0.29) is 6.35 Å². The van der Waals surface area contributed by atoms with Crippen LogP contribution in [0.15, 0.2) is 17.6 Å². The zero-order valence-corrected chi connectivity index (χ0v) is 15.9. The normalized spacial score (nSPS) is 13.0. The Morgan fingerprint density at radius 3 is 2.62 bits per heavy atom. The topological polar surface area (TPSA) is 57.7 Å². The third-order valence-corrected chi connectivity index (χ3v) is 6.58. The van der Waals surface area contributed by atoms with Crippen LogP contribution >= 0.6 is 18.9 Å². The summed E-state index contributed by atoms with van der Waals surface area (Å²) >= 11 is 1.67. The van der Waals surface area contributed by atoms with Crippen molar-refractivity contribution in [2.75, 3.05) is 19.6 Å². The molecule has 130 valence electrons. The summed E-state index contributed by atoms with van der Waals surface area (Å²) in [6, 6.07) is 4.02. The predicted molar refractivity (Wildman–Crippen MR) is 96.1 cm³/mol. The average molecular weight is 367 g/mol. The first-order valence-electron chi connectivity index (χ1n) is 8.20. The molecular weight excluding hydrogens is 345 g/mol. The molecule has 0 bridgehead atoms. The summed E-state index contributed by atoms with van der Waals surface area (Å²) in [5.41, 5.74) is 6.46. The molecule has 2 aromatic rings. The molecule has 1 aromatic carbocycles. The lowest BCUT2D eigenvalue weighted by Crippen LogP contribution is -2.07. The molecule has 0 saturated carbocycles. The Balaban J connectivity index is 1.91. The molecule has 24 heavy (non-hydrogen) atoms. The summed E-state index contributed by atoms with van der Waals surface area (Å²) in [6.45, 7) is 6.38. The molecule has 3 rings (SSSR count). The van der Waals surface area contributed by atoms with E-state index in [4.69, 9.17) is 13.8 Å². The van der Waals surface area contributed by atoms with Crippen LogP contribution < -0.4 is 4.74 Å². The standard InChI is InChI=1S/C17H22NO4PS/c1-4-12-7-8-14(20-11-23(19,21-5-2)22-6-3)16-13(12)9-15-17(16)18-10-24-15/h7-8,10H,4-6,9,11H2,1-3H3. The summed E-state index contributed by atoms with van der Waals surface area (Å²) in [4.78, 5) is 5.76. The van der Waals surface area contributed by atoms with Crippen molar-refractivity contribution in [2.45, 2.75) is 33.6 Å². The van der Waals surface area contributed by atoms with Crippen LogP contribution in [0.3, 0.4) is 0 Å². The Morgan fingerprint density at radius 1 is 1.21 bits per heavy atom. The first-order chi connectivity index (χ1) is 11.6. The van der Waals surface area contributed by atoms with Gasteiger partial charge in [-0.25, -0.2) is 4.98 Å². The highest BCUT2D eigenvalue weighted by molar-refractivity contribution is 7.53. The van der Waals surface area contributed by atoms with Crippen LogP contribution in [0.5, 0.6) is 5.75 Å².